The van der Waals surface area contributed by atoms with Crippen LogP contribution in [0.15, 0.2) is 48.5 Å². The van der Waals surface area contributed by atoms with Gasteiger partial charge in [0.15, 0.2) is 0 Å². The standard InChI is InChI=1S/C37H65N5O2.4ClH/c1-43-36-24-14-12-22-34(36)32-41-30-20-9-8-18-28-39-26-16-6-4-3-5-7-17-27-40-29-19-10-11-21-31-42(38)33-35-23-13-15-25-37(35)44-2;;;;/h12-15,22-25,39-41H,3-11,16-21,26-33,38H2,1-2H3;4*1H. The molecular formula is C37H69Cl4N5O2. The number of methoxy groups -OCH3 is 2. The van der Waals surface area contributed by atoms with Gasteiger partial charge in [0.25, 0.3) is 0 Å². The van der Waals surface area contributed by atoms with Crippen molar-refractivity contribution < 1.29 is 9.47 Å². The molecule has 0 saturated heterocycles. The number of nitrogens with two attached hydrogens (primary N) is 1. The molecule has 0 aliphatic rings. The van der Waals surface area contributed by atoms with Gasteiger partial charge in [0.2, 0.25) is 0 Å². The number of halogens is 4. The van der Waals surface area contributed by atoms with Crippen LogP contribution in [0.25, 0.3) is 0 Å². The van der Waals surface area contributed by atoms with E-state index in [4.69, 9.17) is 15.3 Å². The van der Waals surface area contributed by atoms with Crippen LogP contribution in [-0.2, 0) is 13.1 Å². The molecule has 0 atom stereocenters. The molecule has 0 heterocycles. The number of unbranched alkanes of at least 4 members (excludes halogenated alkanes) is 12. The minimum atomic E-state index is 0. The van der Waals surface area contributed by atoms with Crippen LogP contribution >= 0.6 is 49.6 Å². The summed E-state index contributed by atoms with van der Waals surface area (Å²) in [4.78, 5) is 0. The zero-order valence-corrected chi connectivity index (χ0v) is 33.1. The fraction of sp³-hybridized carbons (Fsp3) is 0.676. The molecule has 0 aliphatic heterocycles. The van der Waals surface area contributed by atoms with Gasteiger partial charge in [-0.05, 0) is 83.4 Å². The van der Waals surface area contributed by atoms with Crippen LogP contribution in [0.4, 0.5) is 0 Å². The van der Waals surface area contributed by atoms with E-state index in [0.717, 1.165) is 56.2 Å². The minimum absolute atomic E-state index is 0. The van der Waals surface area contributed by atoms with Gasteiger partial charge in [0.1, 0.15) is 11.5 Å². The molecule has 0 saturated carbocycles. The Labute approximate surface area is 318 Å². The van der Waals surface area contributed by atoms with Gasteiger partial charge in [0.05, 0.1) is 14.2 Å². The molecule has 0 fully saturated rings. The number of hydrogen-bond donors (Lipinski definition) is 4. The van der Waals surface area contributed by atoms with E-state index < -0.39 is 0 Å². The number of hydrogen-bond acceptors (Lipinski definition) is 7. The van der Waals surface area contributed by atoms with Crippen molar-refractivity contribution in [1.29, 1.82) is 0 Å². The van der Waals surface area contributed by atoms with E-state index in [1.807, 2.05) is 35.3 Å². The highest BCUT2D eigenvalue weighted by Gasteiger charge is 2.06. The minimum Gasteiger partial charge on any atom is -0.496 e. The quantitative estimate of drug-likeness (QED) is 0.0360. The first-order valence-corrected chi connectivity index (χ1v) is 17.6. The van der Waals surface area contributed by atoms with Crippen molar-refractivity contribution in [3.63, 3.8) is 0 Å². The Balaban J connectivity index is -0.00000506. The molecule has 11 heteroatoms. The van der Waals surface area contributed by atoms with Crippen molar-refractivity contribution in [1.82, 2.24) is 21.0 Å². The monoisotopic (exact) mass is 755 g/mol. The highest BCUT2D eigenvalue weighted by atomic mass is 35.5. The highest BCUT2D eigenvalue weighted by molar-refractivity contribution is 5.86. The van der Waals surface area contributed by atoms with Gasteiger partial charge in [-0.15, -0.1) is 49.6 Å². The van der Waals surface area contributed by atoms with Crippen LogP contribution in [-0.4, -0.2) is 58.5 Å². The first kappa shape index (κ1) is 51.4. The number of rotatable bonds is 30. The van der Waals surface area contributed by atoms with E-state index in [1.165, 1.54) is 115 Å². The molecular weight excluding hydrogens is 688 g/mol. The predicted octanol–water partition coefficient (Wildman–Crippen LogP) is 8.89. The number of nitrogens with zero attached hydrogens (tertiary/aromatic N) is 1. The first-order valence-electron chi connectivity index (χ1n) is 17.6. The average Bonchev–Trinajstić information content (AvgIpc) is 3.05. The Morgan fingerprint density at radius 2 is 0.833 bits per heavy atom. The van der Waals surface area contributed by atoms with Crippen LogP contribution in [0.3, 0.4) is 0 Å². The summed E-state index contributed by atoms with van der Waals surface area (Å²) >= 11 is 0. The van der Waals surface area contributed by atoms with Crippen molar-refractivity contribution >= 4 is 49.6 Å². The topological polar surface area (TPSA) is 83.8 Å². The van der Waals surface area contributed by atoms with Crippen molar-refractivity contribution in [2.45, 2.75) is 109 Å². The van der Waals surface area contributed by atoms with Crippen LogP contribution in [0.1, 0.15) is 107 Å². The van der Waals surface area contributed by atoms with Gasteiger partial charge < -0.3 is 25.4 Å². The lowest BCUT2D eigenvalue weighted by Crippen LogP contribution is -2.31. The average molecular weight is 758 g/mol. The zero-order chi connectivity index (χ0) is 31.3. The van der Waals surface area contributed by atoms with Gasteiger partial charge in [-0.1, -0.05) is 94.2 Å². The molecule has 0 bridgehead atoms. The molecule has 5 N–H and O–H groups in total. The van der Waals surface area contributed by atoms with Crippen molar-refractivity contribution in [2.75, 3.05) is 53.5 Å². The lowest BCUT2D eigenvalue weighted by Gasteiger charge is -2.18. The summed E-state index contributed by atoms with van der Waals surface area (Å²) in [6, 6.07) is 16.4. The molecule has 0 spiro atoms. The van der Waals surface area contributed by atoms with E-state index >= 15 is 0 Å². The third-order valence-corrected chi connectivity index (χ3v) is 8.29. The maximum absolute atomic E-state index is 6.20. The van der Waals surface area contributed by atoms with E-state index in [9.17, 15) is 0 Å². The maximum atomic E-state index is 6.20. The Kier molecular flexibility index (Phi) is 39.9. The molecule has 0 amide bonds. The normalized spacial score (nSPS) is 10.4. The molecule has 48 heavy (non-hydrogen) atoms. The molecule has 0 aromatic heterocycles. The number of ether oxygens (including phenoxy) is 2. The molecule has 0 aliphatic carbocycles. The molecule has 0 unspecified atom stereocenters. The number of benzene rings is 2. The van der Waals surface area contributed by atoms with Gasteiger partial charge in [-0.3, -0.25) is 5.84 Å². The summed E-state index contributed by atoms with van der Waals surface area (Å²) in [5.74, 6) is 8.09. The fourth-order valence-electron chi connectivity index (χ4n) is 5.61. The molecule has 0 radical (unpaired) electrons. The van der Waals surface area contributed by atoms with Gasteiger partial charge in [-0.25, -0.2) is 5.01 Å². The second kappa shape index (κ2) is 37.3. The van der Waals surface area contributed by atoms with Crippen molar-refractivity contribution in [2.24, 2.45) is 5.84 Å². The second-order valence-electron chi connectivity index (χ2n) is 12.1. The number of para-hydroxylation sites is 2. The van der Waals surface area contributed by atoms with Crippen LogP contribution in [0, 0.1) is 0 Å². The van der Waals surface area contributed by atoms with E-state index in [2.05, 4.69) is 34.1 Å². The molecule has 2 aromatic rings. The summed E-state index contributed by atoms with van der Waals surface area (Å²) in [7, 11) is 3.45. The number of hydrazine groups is 1. The van der Waals surface area contributed by atoms with Gasteiger partial charge >= 0.3 is 0 Å². The lowest BCUT2D eigenvalue weighted by molar-refractivity contribution is 0.262. The highest BCUT2D eigenvalue weighted by Crippen LogP contribution is 2.19. The zero-order valence-electron chi connectivity index (χ0n) is 29.9. The van der Waals surface area contributed by atoms with Crippen molar-refractivity contribution in [3.05, 3.63) is 59.7 Å². The Morgan fingerprint density at radius 1 is 0.479 bits per heavy atom. The SMILES string of the molecule is COc1ccccc1CNCCCCCCNCCCCCCCCCNCCCCCCN(N)Cc1ccccc1OC.Cl.Cl.Cl.Cl. The smallest absolute Gasteiger partial charge is 0.123 e. The Morgan fingerprint density at radius 3 is 1.29 bits per heavy atom. The van der Waals surface area contributed by atoms with Gasteiger partial charge in [0, 0.05) is 30.8 Å². The molecule has 282 valence electrons. The third-order valence-electron chi connectivity index (χ3n) is 8.29. The van der Waals surface area contributed by atoms with Gasteiger partial charge in [-0.2, -0.15) is 0 Å². The van der Waals surface area contributed by atoms with Crippen LogP contribution < -0.4 is 31.3 Å². The molecule has 2 rings (SSSR count). The summed E-state index contributed by atoms with van der Waals surface area (Å²) < 4.78 is 10.8. The van der Waals surface area contributed by atoms with Crippen LogP contribution in [0.2, 0.25) is 0 Å². The summed E-state index contributed by atoms with van der Waals surface area (Å²) in [5, 5.41) is 12.7. The Bertz CT molecular complexity index is 948. The fourth-order valence-corrected chi connectivity index (χ4v) is 5.61. The lowest BCUT2D eigenvalue weighted by atomic mass is 10.1. The summed E-state index contributed by atoms with van der Waals surface area (Å²) in [6.07, 6.45) is 19.6. The summed E-state index contributed by atoms with van der Waals surface area (Å²) in [5.41, 5.74) is 2.38. The second-order valence-corrected chi connectivity index (χ2v) is 12.1. The van der Waals surface area contributed by atoms with E-state index in [1.54, 1.807) is 14.2 Å². The Hall–Kier alpha value is -1.000. The maximum Gasteiger partial charge on any atom is 0.123 e. The summed E-state index contributed by atoms with van der Waals surface area (Å²) in [6.45, 7) is 8.26. The molecule has 7 nitrogen and oxygen atoms in total. The number of nitrogens with one attached hydrogen (secondary N) is 3. The van der Waals surface area contributed by atoms with E-state index in [-0.39, 0.29) is 49.6 Å². The van der Waals surface area contributed by atoms with Crippen molar-refractivity contribution in [3.8, 4) is 11.5 Å². The first-order chi connectivity index (χ1) is 21.7. The third kappa shape index (κ3) is 26.8. The van der Waals surface area contributed by atoms with E-state index in [0.29, 0.717) is 0 Å². The predicted molar refractivity (Wildman–Crippen MR) is 216 cm³/mol. The molecule has 2 aromatic carbocycles. The largest absolute Gasteiger partial charge is 0.496 e. The van der Waals surface area contributed by atoms with Crippen LogP contribution in [0.5, 0.6) is 11.5 Å².